The third-order valence-corrected chi connectivity index (χ3v) is 3.03. The molecule has 2 aromatic rings. The van der Waals surface area contributed by atoms with Crippen molar-refractivity contribution in [3.05, 3.63) is 50.6 Å². The lowest BCUT2D eigenvalue weighted by molar-refractivity contribution is -0.384. The van der Waals surface area contributed by atoms with Crippen molar-refractivity contribution in [2.24, 2.45) is 0 Å². The Morgan fingerprint density at radius 3 is 2.84 bits per heavy atom. The molecule has 6 nitrogen and oxygen atoms in total. The largest absolute Gasteiger partial charge is 0.444 e. The van der Waals surface area contributed by atoms with Crippen molar-refractivity contribution in [1.29, 1.82) is 0 Å². The smallest absolute Gasteiger partial charge is 0.292 e. The summed E-state index contributed by atoms with van der Waals surface area (Å²) in [5.41, 5.74) is 0.432. The molecule has 0 radical (unpaired) electrons. The maximum Gasteiger partial charge on any atom is 0.292 e. The summed E-state index contributed by atoms with van der Waals surface area (Å²) in [6, 6.07) is 4.47. The molecule has 1 unspecified atom stereocenters. The number of halogens is 1. The van der Waals surface area contributed by atoms with Crippen molar-refractivity contribution in [2.75, 3.05) is 5.32 Å². The zero-order valence-corrected chi connectivity index (χ0v) is 12.0. The molecule has 0 aliphatic heterocycles. The standard InChI is InChI=1S/C12H12BrN3O3/c1-7-6-14-12(19-7)8(2)15-10-5-9(13)3-4-11(10)16(17)18/h3-6,8,15H,1-2H3. The van der Waals surface area contributed by atoms with Crippen LogP contribution in [0.15, 0.2) is 33.3 Å². The van der Waals surface area contributed by atoms with Crippen LogP contribution in [0.25, 0.3) is 0 Å². The first-order valence-electron chi connectivity index (χ1n) is 5.60. The number of oxazole rings is 1. The molecule has 1 aromatic carbocycles. The summed E-state index contributed by atoms with van der Waals surface area (Å²) in [6.45, 7) is 3.63. The molecule has 0 fully saturated rings. The normalized spacial score (nSPS) is 12.2. The summed E-state index contributed by atoms with van der Waals surface area (Å²) in [5, 5.41) is 14.0. The quantitative estimate of drug-likeness (QED) is 0.682. The van der Waals surface area contributed by atoms with Crippen LogP contribution in [0, 0.1) is 17.0 Å². The van der Waals surface area contributed by atoms with Gasteiger partial charge >= 0.3 is 0 Å². The average molecular weight is 326 g/mol. The fourth-order valence-electron chi connectivity index (χ4n) is 1.65. The van der Waals surface area contributed by atoms with Crippen molar-refractivity contribution >= 4 is 27.3 Å². The molecule has 0 saturated carbocycles. The van der Waals surface area contributed by atoms with E-state index >= 15 is 0 Å². The number of benzene rings is 1. The fourth-order valence-corrected chi connectivity index (χ4v) is 2.01. The Morgan fingerprint density at radius 1 is 1.53 bits per heavy atom. The van der Waals surface area contributed by atoms with Crippen molar-refractivity contribution in [3.8, 4) is 0 Å². The summed E-state index contributed by atoms with van der Waals surface area (Å²) in [5.74, 6) is 1.19. The minimum absolute atomic E-state index is 0.0123. The van der Waals surface area contributed by atoms with E-state index in [-0.39, 0.29) is 11.7 Å². The van der Waals surface area contributed by atoms with Crippen molar-refractivity contribution in [3.63, 3.8) is 0 Å². The first-order valence-corrected chi connectivity index (χ1v) is 6.39. The molecule has 1 N–H and O–H groups in total. The predicted molar refractivity (Wildman–Crippen MR) is 74.1 cm³/mol. The number of aromatic nitrogens is 1. The highest BCUT2D eigenvalue weighted by Gasteiger charge is 2.18. The molecule has 1 atom stereocenters. The van der Waals surface area contributed by atoms with E-state index in [1.165, 1.54) is 6.07 Å². The predicted octanol–water partition coefficient (Wildman–Crippen LogP) is 3.83. The van der Waals surface area contributed by atoms with Gasteiger partial charge in [-0.3, -0.25) is 10.1 Å². The molecule has 0 aliphatic carbocycles. The zero-order chi connectivity index (χ0) is 14.0. The van der Waals surface area contributed by atoms with E-state index in [2.05, 4.69) is 26.2 Å². The number of nitro groups is 1. The summed E-state index contributed by atoms with van der Waals surface area (Å²) in [6.07, 6.45) is 1.61. The van der Waals surface area contributed by atoms with E-state index in [4.69, 9.17) is 4.42 Å². The minimum atomic E-state index is -0.428. The summed E-state index contributed by atoms with van der Waals surface area (Å²) in [4.78, 5) is 14.6. The van der Waals surface area contributed by atoms with Gasteiger partial charge in [0.25, 0.3) is 5.69 Å². The molecule has 19 heavy (non-hydrogen) atoms. The number of rotatable bonds is 4. The number of nitrogens with zero attached hydrogens (tertiary/aromatic N) is 2. The number of nitrogens with one attached hydrogen (secondary N) is 1. The lowest BCUT2D eigenvalue weighted by atomic mass is 10.2. The molecule has 1 heterocycles. The van der Waals surface area contributed by atoms with E-state index in [0.29, 0.717) is 17.3 Å². The van der Waals surface area contributed by atoms with Crippen molar-refractivity contribution in [2.45, 2.75) is 19.9 Å². The highest BCUT2D eigenvalue weighted by Crippen LogP contribution is 2.30. The van der Waals surface area contributed by atoms with Crippen LogP contribution in [-0.4, -0.2) is 9.91 Å². The van der Waals surface area contributed by atoms with Crippen LogP contribution in [0.2, 0.25) is 0 Å². The van der Waals surface area contributed by atoms with Crippen LogP contribution in [0.4, 0.5) is 11.4 Å². The van der Waals surface area contributed by atoms with Crippen molar-refractivity contribution < 1.29 is 9.34 Å². The van der Waals surface area contributed by atoms with Gasteiger partial charge in [-0.1, -0.05) is 15.9 Å². The van der Waals surface area contributed by atoms with Crippen LogP contribution in [0.1, 0.15) is 24.6 Å². The van der Waals surface area contributed by atoms with Crippen LogP contribution < -0.4 is 5.32 Å². The van der Waals surface area contributed by atoms with E-state index in [1.54, 1.807) is 25.3 Å². The Bertz CT molecular complexity index is 612. The summed E-state index contributed by atoms with van der Waals surface area (Å²) < 4.78 is 6.15. The number of nitro benzene ring substituents is 1. The number of aryl methyl sites for hydroxylation is 1. The maximum absolute atomic E-state index is 11.0. The van der Waals surface area contributed by atoms with Gasteiger partial charge < -0.3 is 9.73 Å². The highest BCUT2D eigenvalue weighted by molar-refractivity contribution is 9.10. The van der Waals surface area contributed by atoms with Gasteiger partial charge in [-0.05, 0) is 26.0 Å². The van der Waals surface area contributed by atoms with Crippen LogP contribution in [-0.2, 0) is 0 Å². The van der Waals surface area contributed by atoms with Gasteiger partial charge in [0.15, 0.2) is 0 Å². The molecule has 0 spiro atoms. The van der Waals surface area contributed by atoms with Crippen LogP contribution in [0.5, 0.6) is 0 Å². The Balaban J connectivity index is 2.27. The molecule has 0 aliphatic rings. The molecule has 7 heteroatoms. The average Bonchev–Trinajstić information content (AvgIpc) is 2.75. The summed E-state index contributed by atoms with van der Waals surface area (Å²) >= 11 is 3.29. The first kappa shape index (κ1) is 13.5. The lowest BCUT2D eigenvalue weighted by Crippen LogP contribution is -2.08. The van der Waals surface area contributed by atoms with Crippen LogP contribution in [0.3, 0.4) is 0 Å². The number of anilines is 1. The summed E-state index contributed by atoms with van der Waals surface area (Å²) in [7, 11) is 0. The van der Waals surface area contributed by atoms with Crippen molar-refractivity contribution in [1.82, 2.24) is 4.98 Å². The third-order valence-electron chi connectivity index (χ3n) is 2.54. The molecule has 0 bridgehead atoms. The Hall–Kier alpha value is -1.89. The highest BCUT2D eigenvalue weighted by atomic mass is 79.9. The van der Waals surface area contributed by atoms with E-state index < -0.39 is 4.92 Å². The Labute approximate surface area is 118 Å². The number of hydrogen-bond acceptors (Lipinski definition) is 5. The van der Waals surface area contributed by atoms with Gasteiger partial charge in [0, 0.05) is 10.5 Å². The lowest BCUT2D eigenvalue weighted by Gasteiger charge is -2.12. The van der Waals surface area contributed by atoms with Gasteiger partial charge in [0.2, 0.25) is 5.89 Å². The van der Waals surface area contributed by atoms with Gasteiger partial charge in [-0.15, -0.1) is 0 Å². The Kier molecular flexibility index (Phi) is 3.84. The number of hydrogen-bond donors (Lipinski definition) is 1. The van der Waals surface area contributed by atoms with E-state index in [1.807, 2.05) is 6.92 Å². The molecule has 1 aromatic heterocycles. The second-order valence-corrected chi connectivity index (χ2v) is 5.01. The molecular weight excluding hydrogens is 314 g/mol. The first-order chi connectivity index (χ1) is 8.97. The van der Waals surface area contributed by atoms with Crippen LogP contribution >= 0.6 is 15.9 Å². The third kappa shape index (κ3) is 3.11. The minimum Gasteiger partial charge on any atom is -0.444 e. The molecule has 100 valence electrons. The van der Waals surface area contributed by atoms with Gasteiger partial charge in [0.05, 0.1) is 11.1 Å². The molecule has 0 saturated heterocycles. The molecular formula is C12H12BrN3O3. The molecule has 0 amide bonds. The van der Waals surface area contributed by atoms with E-state index in [0.717, 1.165) is 4.47 Å². The Morgan fingerprint density at radius 2 is 2.26 bits per heavy atom. The molecule has 2 rings (SSSR count). The maximum atomic E-state index is 11.0. The second kappa shape index (κ2) is 5.40. The van der Waals surface area contributed by atoms with Gasteiger partial charge in [0.1, 0.15) is 17.5 Å². The van der Waals surface area contributed by atoms with Gasteiger partial charge in [-0.25, -0.2) is 4.98 Å². The zero-order valence-electron chi connectivity index (χ0n) is 10.4. The van der Waals surface area contributed by atoms with E-state index in [9.17, 15) is 10.1 Å². The SMILES string of the molecule is Cc1cnc(C(C)Nc2cc(Br)ccc2[N+](=O)[O-])o1. The second-order valence-electron chi connectivity index (χ2n) is 4.09. The fraction of sp³-hybridized carbons (Fsp3) is 0.250. The van der Waals surface area contributed by atoms with Gasteiger partial charge in [-0.2, -0.15) is 0 Å². The monoisotopic (exact) mass is 325 g/mol. The topological polar surface area (TPSA) is 81.2 Å².